The Bertz CT molecular complexity index is 326. The van der Waals surface area contributed by atoms with Gasteiger partial charge in [-0.25, -0.2) is 0 Å². The monoisotopic (exact) mass is 300 g/mol. The van der Waals surface area contributed by atoms with Gasteiger partial charge in [0.2, 0.25) is 5.91 Å². The second-order valence-corrected chi connectivity index (χ2v) is 5.88. The number of nitrogens with zero attached hydrogens (tertiary/aromatic N) is 1. The molecule has 116 valence electrons. The Kier molecular flexibility index (Phi) is 7.45. The van der Waals surface area contributed by atoms with E-state index in [-0.39, 0.29) is 5.91 Å². The summed E-state index contributed by atoms with van der Waals surface area (Å²) < 4.78 is 5.36. The minimum atomic E-state index is -0.617. The third-order valence-electron chi connectivity index (χ3n) is 4.22. The molecule has 0 saturated heterocycles. The number of likely N-dealkylation sites (N-methyl/N-ethyl adjacent to an activating group) is 1. The van der Waals surface area contributed by atoms with Crippen LogP contribution in [-0.4, -0.2) is 42.1 Å². The molecule has 0 aromatic rings. The topological polar surface area (TPSA) is 55.6 Å². The summed E-state index contributed by atoms with van der Waals surface area (Å²) in [4.78, 5) is 15.2. The Morgan fingerprint density at radius 2 is 1.85 bits per heavy atom. The van der Waals surface area contributed by atoms with Gasteiger partial charge in [-0.05, 0) is 26.7 Å². The van der Waals surface area contributed by atoms with Crippen LogP contribution in [0.4, 0.5) is 0 Å². The molecule has 0 atom stereocenters. The van der Waals surface area contributed by atoms with Crippen molar-refractivity contribution in [3.05, 3.63) is 0 Å². The van der Waals surface area contributed by atoms with Crippen molar-refractivity contribution in [1.82, 2.24) is 4.90 Å². The minimum Gasteiger partial charge on any atom is -0.392 e. The second kappa shape index (κ2) is 8.57. The highest BCUT2D eigenvalue weighted by Gasteiger charge is 2.43. The van der Waals surface area contributed by atoms with Crippen molar-refractivity contribution in [2.45, 2.75) is 52.4 Å². The van der Waals surface area contributed by atoms with E-state index in [1.165, 1.54) is 12.8 Å². The molecule has 1 saturated carbocycles. The molecule has 1 fully saturated rings. The molecule has 0 aliphatic heterocycles. The van der Waals surface area contributed by atoms with Crippen molar-refractivity contribution >= 4 is 23.1 Å². The summed E-state index contributed by atoms with van der Waals surface area (Å²) in [7, 11) is 0. The predicted molar refractivity (Wildman–Crippen MR) is 85.7 cm³/mol. The number of hydrogen-bond acceptors (Lipinski definition) is 3. The third-order valence-corrected chi connectivity index (χ3v) is 4.61. The van der Waals surface area contributed by atoms with Crippen molar-refractivity contribution in [2.24, 2.45) is 11.1 Å². The molecule has 1 aliphatic rings. The summed E-state index contributed by atoms with van der Waals surface area (Å²) >= 11 is 5.27. The van der Waals surface area contributed by atoms with Gasteiger partial charge in [-0.3, -0.25) is 4.79 Å². The molecule has 0 radical (unpaired) electrons. The average molecular weight is 300 g/mol. The van der Waals surface area contributed by atoms with Crippen LogP contribution in [0.15, 0.2) is 0 Å². The lowest BCUT2D eigenvalue weighted by molar-refractivity contribution is -0.139. The van der Waals surface area contributed by atoms with Gasteiger partial charge in [-0.15, -0.1) is 0 Å². The lowest BCUT2D eigenvalue weighted by Crippen LogP contribution is -2.51. The van der Waals surface area contributed by atoms with Gasteiger partial charge in [0, 0.05) is 19.7 Å². The molecule has 4 nitrogen and oxygen atoms in total. The van der Waals surface area contributed by atoms with Gasteiger partial charge in [0.05, 0.1) is 17.0 Å². The van der Waals surface area contributed by atoms with Gasteiger partial charge in [-0.1, -0.05) is 37.9 Å². The largest absolute Gasteiger partial charge is 0.392 e. The highest BCUT2D eigenvalue weighted by atomic mass is 32.1. The van der Waals surface area contributed by atoms with Gasteiger partial charge in [0.25, 0.3) is 0 Å². The molecule has 20 heavy (non-hydrogen) atoms. The number of nitrogens with two attached hydrogens (primary N) is 1. The summed E-state index contributed by atoms with van der Waals surface area (Å²) in [6.07, 6.45) is 6.00. The first-order chi connectivity index (χ1) is 9.58. The quantitative estimate of drug-likeness (QED) is 0.446. The second-order valence-electron chi connectivity index (χ2n) is 5.44. The zero-order valence-corrected chi connectivity index (χ0v) is 13.6. The van der Waals surface area contributed by atoms with Crippen LogP contribution in [0, 0.1) is 5.41 Å². The SMILES string of the molecule is CCOCCN(CC)C(=O)C1(C(N)=S)CCCCCC1. The molecule has 0 bridgehead atoms. The molecule has 0 spiro atoms. The van der Waals surface area contributed by atoms with E-state index in [4.69, 9.17) is 22.7 Å². The maximum absolute atomic E-state index is 12.9. The van der Waals surface area contributed by atoms with Crippen LogP contribution in [0.2, 0.25) is 0 Å². The van der Waals surface area contributed by atoms with E-state index in [2.05, 4.69) is 0 Å². The van der Waals surface area contributed by atoms with Crippen LogP contribution in [0.25, 0.3) is 0 Å². The Hall–Kier alpha value is -0.680. The minimum absolute atomic E-state index is 0.106. The number of carbonyl (C=O) groups excluding carboxylic acids is 1. The fourth-order valence-electron chi connectivity index (χ4n) is 2.92. The molecule has 1 rings (SSSR count). The summed E-state index contributed by atoms with van der Waals surface area (Å²) in [5.74, 6) is 0.106. The van der Waals surface area contributed by atoms with E-state index in [0.717, 1.165) is 25.7 Å². The highest BCUT2D eigenvalue weighted by Crippen LogP contribution is 2.37. The van der Waals surface area contributed by atoms with E-state index in [9.17, 15) is 4.79 Å². The molecule has 1 amide bonds. The van der Waals surface area contributed by atoms with Gasteiger partial charge >= 0.3 is 0 Å². The van der Waals surface area contributed by atoms with Crippen molar-refractivity contribution in [3.63, 3.8) is 0 Å². The average Bonchev–Trinajstić information content (AvgIpc) is 2.69. The van der Waals surface area contributed by atoms with Gasteiger partial charge in [-0.2, -0.15) is 0 Å². The first-order valence-corrected chi connectivity index (χ1v) is 8.16. The molecule has 0 aromatic carbocycles. The number of ether oxygens (including phenoxy) is 1. The van der Waals surface area contributed by atoms with Crippen molar-refractivity contribution in [3.8, 4) is 0 Å². The molecule has 0 unspecified atom stereocenters. The predicted octanol–water partition coefficient (Wildman–Crippen LogP) is 2.50. The summed E-state index contributed by atoms with van der Waals surface area (Å²) in [6, 6.07) is 0. The van der Waals surface area contributed by atoms with E-state index < -0.39 is 5.41 Å². The molecular formula is C15H28N2O2S. The zero-order chi connectivity index (χ0) is 15.0. The Balaban J connectivity index is 2.82. The molecule has 0 aromatic heterocycles. The van der Waals surface area contributed by atoms with Crippen LogP contribution in [0.1, 0.15) is 52.4 Å². The maximum Gasteiger partial charge on any atom is 0.235 e. The van der Waals surface area contributed by atoms with E-state index in [0.29, 0.717) is 31.3 Å². The van der Waals surface area contributed by atoms with Gasteiger partial charge in [0.1, 0.15) is 0 Å². The molecule has 1 aliphatic carbocycles. The van der Waals surface area contributed by atoms with E-state index in [1.54, 1.807) is 0 Å². The summed E-state index contributed by atoms with van der Waals surface area (Å²) in [5.41, 5.74) is 5.36. The smallest absolute Gasteiger partial charge is 0.235 e. The summed E-state index contributed by atoms with van der Waals surface area (Å²) in [6.45, 7) is 6.49. The van der Waals surface area contributed by atoms with Crippen LogP contribution in [-0.2, 0) is 9.53 Å². The van der Waals surface area contributed by atoms with Crippen LogP contribution < -0.4 is 5.73 Å². The number of rotatable bonds is 7. The van der Waals surface area contributed by atoms with Crippen molar-refractivity contribution < 1.29 is 9.53 Å². The number of carbonyl (C=O) groups is 1. The summed E-state index contributed by atoms with van der Waals surface area (Å²) in [5, 5.41) is 0. The normalized spacial score (nSPS) is 18.3. The fraction of sp³-hybridized carbons (Fsp3) is 0.867. The molecule has 5 heteroatoms. The van der Waals surface area contributed by atoms with Crippen LogP contribution >= 0.6 is 12.2 Å². The zero-order valence-electron chi connectivity index (χ0n) is 12.8. The lowest BCUT2D eigenvalue weighted by atomic mass is 9.78. The Morgan fingerprint density at radius 3 is 2.30 bits per heavy atom. The van der Waals surface area contributed by atoms with Crippen LogP contribution in [0.5, 0.6) is 0 Å². The lowest BCUT2D eigenvalue weighted by Gasteiger charge is -2.35. The molecule has 0 heterocycles. The third kappa shape index (κ3) is 4.16. The highest BCUT2D eigenvalue weighted by molar-refractivity contribution is 7.80. The van der Waals surface area contributed by atoms with E-state index in [1.807, 2.05) is 18.7 Å². The standard InChI is InChI=1S/C15H28N2O2S/c1-3-17(11-12-19-4-2)14(18)15(13(16)20)9-7-5-6-8-10-15/h3-12H2,1-2H3,(H2,16,20). The first-order valence-electron chi connectivity index (χ1n) is 7.75. The number of hydrogen-bond donors (Lipinski definition) is 1. The number of thiocarbonyl (C=S) groups is 1. The first kappa shape index (κ1) is 17.4. The molecular weight excluding hydrogens is 272 g/mol. The fourth-order valence-corrected chi connectivity index (χ4v) is 3.21. The van der Waals surface area contributed by atoms with Gasteiger partial charge in [0.15, 0.2) is 0 Å². The van der Waals surface area contributed by atoms with E-state index >= 15 is 0 Å². The Labute approximate surface area is 128 Å². The number of amides is 1. The van der Waals surface area contributed by atoms with Crippen molar-refractivity contribution in [1.29, 1.82) is 0 Å². The van der Waals surface area contributed by atoms with Crippen molar-refractivity contribution in [2.75, 3.05) is 26.3 Å². The van der Waals surface area contributed by atoms with Gasteiger partial charge < -0.3 is 15.4 Å². The molecule has 2 N–H and O–H groups in total. The van der Waals surface area contributed by atoms with Crippen LogP contribution in [0.3, 0.4) is 0 Å². The Morgan fingerprint density at radius 1 is 1.25 bits per heavy atom. The maximum atomic E-state index is 12.9.